The molecule has 0 spiro atoms. The van der Waals surface area contributed by atoms with Gasteiger partial charge in [-0.1, -0.05) is 42.5 Å². The highest BCUT2D eigenvalue weighted by molar-refractivity contribution is 6.02. The lowest BCUT2D eigenvalue weighted by atomic mass is 9.83. The third-order valence-corrected chi connectivity index (χ3v) is 5.15. The van der Waals surface area contributed by atoms with E-state index in [0.29, 0.717) is 17.1 Å². The predicted octanol–water partition coefficient (Wildman–Crippen LogP) is 4.31. The van der Waals surface area contributed by atoms with Crippen molar-refractivity contribution < 1.29 is 14.6 Å². The number of carboxylic acid groups (broad SMARTS) is 1. The number of benzene rings is 3. The molecule has 0 amide bonds. The summed E-state index contributed by atoms with van der Waals surface area (Å²) >= 11 is 0. The van der Waals surface area contributed by atoms with E-state index in [4.69, 9.17) is 25.4 Å². The van der Waals surface area contributed by atoms with Crippen molar-refractivity contribution in [3.8, 4) is 22.9 Å². The number of hydrogen-bond acceptors (Lipinski definition) is 5. The summed E-state index contributed by atoms with van der Waals surface area (Å²) in [5.74, 6) is 0.437. The van der Waals surface area contributed by atoms with E-state index in [1.54, 1.807) is 19.2 Å². The van der Waals surface area contributed by atoms with E-state index < -0.39 is 11.5 Å². The quantitative estimate of drug-likeness (QED) is 0.665. The fourth-order valence-electron chi connectivity index (χ4n) is 3.69. The van der Waals surface area contributed by atoms with E-state index in [2.05, 4.69) is 31.2 Å². The normalized spacial score (nSPS) is 16.3. The zero-order chi connectivity index (χ0) is 22.6. The maximum absolute atomic E-state index is 9.51. The number of nitrogens with two attached hydrogens (primary N) is 1. The van der Waals surface area contributed by atoms with Crippen LogP contribution in [0.2, 0.25) is 0 Å². The summed E-state index contributed by atoms with van der Waals surface area (Å²) < 4.78 is 5.34. The molecule has 3 N–H and O–H groups in total. The third-order valence-electron chi connectivity index (χ3n) is 5.15. The van der Waals surface area contributed by atoms with E-state index in [1.807, 2.05) is 36.4 Å². The average molecular weight is 413 g/mol. The van der Waals surface area contributed by atoms with Crippen molar-refractivity contribution in [1.29, 1.82) is 5.26 Å². The minimum absolute atomic E-state index is 0.553. The molecule has 156 valence electrons. The highest BCUT2D eigenvalue weighted by Crippen LogP contribution is 2.41. The lowest BCUT2D eigenvalue weighted by molar-refractivity contribution is -0.134. The molecule has 0 aromatic heterocycles. The SMILES string of the molecule is CC(=O)O.COc1ccc(C#N)c(-c2cccc(C3(C)N=C(N)c4ccccc43)c2)c1. The first-order chi connectivity index (χ1) is 14.8. The molecule has 0 radical (unpaired) electrons. The molecule has 1 aliphatic rings. The molecule has 0 saturated carbocycles. The highest BCUT2D eigenvalue weighted by Gasteiger charge is 2.36. The van der Waals surface area contributed by atoms with E-state index in [-0.39, 0.29) is 0 Å². The molecule has 6 nitrogen and oxygen atoms in total. The van der Waals surface area contributed by atoms with Crippen LogP contribution in [0.3, 0.4) is 0 Å². The third kappa shape index (κ3) is 4.26. The molecule has 0 aliphatic carbocycles. The number of hydrogen-bond donors (Lipinski definition) is 2. The Hall–Kier alpha value is -4.11. The Morgan fingerprint density at radius 2 is 1.81 bits per heavy atom. The summed E-state index contributed by atoms with van der Waals surface area (Å²) in [5, 5.41) is 16.9. The number of ether oxygens (including phenoxy) is 1. The maximum atomic E-state index is 9.51. The summed E-state index contributed by atoms with van der Waals surface area (Å²) in [6.07, 6.45) is 0. The van der Waals surface area contributed by atoms with Gasteiger partial charge in [-0.05, 0) is 47.9 Å². The van der Waals surface area contributed by atoms with Crippen LogP contribution >= 0.6 is 0 Å². The summed E-state index contributed by atoms with van der Waals surface area (Å²) in [5.41, 5.74) is 11.1. The second kappa shape index (κ2) is 8.72. The molecule has 0 fully saturated rings. The molecule has 1 unspecified atom stereocenters. The number of rotatable bonds is 3. The van der Waals surface area contributed by atoms with Crippen LogP contribution in [0.1, 0.15) is 36.1 Å². The lowest BCUT2D eigenvalue weighted by Crippen LogP contribution is -2.18. The van der Waals surface area contributed by atoms with Gasteiger partial charge in [0, 0.05) is 18.1 Å². The molecule has 1 aliphatic heterocycles. The van der Waals surface area contributed by atoms with Crippen LogP contribution in [0.5, 0.6) is 5.75 Å². The Kier molecular flexibility index (Phi) is 6.07. The van der Waals surface area contributed by atoms with Gasteiger partial charge >= 0.3 is 0 Å². The first kappa shape index (κ1) is 21.6. The lowest BCUT2D eigenvalue weighted by Gasteiger charge is -2.24. The van der Waals surface area contributed by atoms with Crippen LogP contribution in [0.4, 0.5) is 0 Å². The average Bonchev–Trinajstić information content (AvgIpc) is 3.04. The standard InChI is InChI=1S/C23H19N3O.C2H4O2/c1-23(21-9-4-3-8-19(21)22(25)26-23)17-7-5-6-15(12-17)20-13-18(27-2)11-10-16(20)14-24;1-2(3)4/h3-13H,1-2H3,(H2,25,26);1H3,(H,3,4). The van der Waals surface area contributed by atoms with Crippen LogP contribution in [-0.2, 0) is 10.3 Å². The van der Waals surface area contributed by atoms with E-state index in [0.717, 1.165) is 34.7 Å². The molecule has 1 heterocycles. The molecule has 3 aromatic carbocycles. The first-order valence-electron chi connectivity index (χ1n) is 9.64. The second-order valence-electron chi connectivity index (χ2n) is 7.24. The number of nitriles is 1. The topological polar surface area (TPSA) is 109 Å². The summed E-state index contributed by atoms with van der Waals surface area (Å²) in [6.45, 7) is 3.15. The number of aliphatic imine (C=N–C) groups is 1. The number of amidine groups is 1. The van der Waals surface area contributed by atoms with Crippen LogP contribution in [0, 0.1) is 11.3 Å². The Morgan fingerprint density at radius 1 is 1.10 bits per heavy atom. The smallest absolute Gasteiger partial charge is 0.300 e. The molecule has 0 saturated heterocycles. The molecule has 1 atom stereocenters. The summed E-state index contributed by atoms with van der Waals surface area (Å²) in [6, 6.07) is 23.9. The Bertz CT molecular complexity index is 1210. The number of nitrogens with zero attached hydrogens (tertiary/aromatic N) is 2. The van der Waals surface area contributed by atoms with Crippen molar-refractivity contribution in [2.24, 2.45) is 10.7 Å². The second-order valence-corrected chi connectivity index (χ2v) is 7.24. The van der Waals surface area contributed by atoms with Crippen LogP contribution in [-0.4, -0.2) is 24.0 Å². The Balaban J connectivity index is 0.000000628. The molecule has 0 bridgehead atoms. The Labute approximate surface area is 181 Å². The predicted molar refractivity (Wildman–Crippen MR) is 120 cm³/mol. The zero-order valence-electron chi connectivity index (χ0n) is 17.6. The monoisotopic (exact) mass is 413 g/mol. The fourth-order valence-corrected chi connectivity index (χ4v) is 3.69. The first-order valence-corrected chi connectivity index (χ1v) is 9.64. The van der Waals surface area contributed by atoms with Gasteiger partial charge in [-0.3, -0.25) is 9.79 Å². The molecule has 31 heavy (non-hydrogen) atoms. The van der Waals surface area contributed by atoms with Gasteiger partial charge in [-0.2, -0.15) is 5.26 Å². The molecule has 3 aromatic rings. The van der Waals surface area contributed by atoms with Crippen LogP contribution in [0.25, 0.3) is 11.1 Å². The van der Waals surface area contributed by atoms with Gasteiger partial charge in [0.25, 0.3) is 5.97 Å². The van der Waals surface area contributed by atoms with Gasteiger partial charge in [-0.25, -0.2) is 0 Å². The van der Waals surface area contributed by atoms with Crippen molar-refractivity contribution >= 4 is 11.8 Å². The largest absolute Gasteiger partial charge is 0.497 e. The van der Waals surface area contributed by atoms with Gasteiger partial charge in [0.15, 0.2) is 0 Å². The van der Waals surface area contributed by atoms with Gasteiger partial charge in [0.1, 0.15) is 17.1 Å². The van der Waals surface area contributed by atoms with Crippen molar-refractivity contribution in [3.63, 3.8) is 0 Å². The highest BCUT2D eigenvalue weighted by atomic mass is 16.5. The zero-order valence-corrected chi connectivity index (χ0v) is 17.6. The van der Waals surface area contributed by atoms with E-state index in [9.17, 15) is 5.26 Å². The molecular weight excluding hydrogens is 390 g/mol. The minimum Gasteiger partial charge on any atom is -0.497 e. The number of methoxy groups -OCH3 is 1. The van der Waals surface area contributed by atoms with Gasteiger partial charge < -0.3 is 15.6 Å². The summed E-state index contributed by atoms with van der Waals surface area (Å²) in [7, 11) is 1.62. The summed E-state index contributed by atoms with van der Waals surface area (Å²) in [4.78, 5) is 13.8. The number of carbonyl (C=O) groups is 1. The van der Waals surface area contributed by atoms with Gasteiger partial charge in [-0.15, -0.1) is 0 Å². The molecule has 6 heteroatoms. The number of carboxylic acids is 1. The van der Waals surface area contributed by atoms with Crippen LogP contribution in [0.15, 0.2) is 71.7 Å². The van der Waals surface area contributed by atoms with Crippen molar-refractivity contribution in [1.82, 2.24) is 0 Å². The number of aliphatic carboxylic acids is 1. The number of fused-ring (bicyclic) bond motifs is 1. The fraction of sp³-hybridized carbons (Fsp3) is 0.160. The molecular formula is C25H23N3O3. The van der Waals surface area contributed by atoms with Crippen molar-refractivity contribution in [2.45, 2.75) is 19.4 Å². The maximum Gasteiger partial charge on any atom is 0.300 e. The minimum atomic E-state index is -0.833. The van der Waals surface area contributed by atoms with Crippen LogP contribution < -0.4 is 10.5 Å². The Morgan fingerprint density at radius 3 is 2.48 bits per heavy atom. The van der Waals surface area contributed by atoms with E-state index in [1.165, 1.54) is 0 Å². The van der Waals surface area contributed by atoms with Crippen molar-refractivity contribution in [3.05, 3.63) is 89.0 Å². The van der Waals surface area contributed by atoms with E-state index >= 15 is 0 Å². The molecule has 4 rings (SSSR count). The van der Waals surface area contributed by atoms with Gasteiger partial charge in [0.05, 0.1) is 18.7 Å². The van der Waals surface area contributed by atoms with Crippen molar-refractivity contribution in [2.75, 3.05) is 7.11 Å². The van der Waals surface area contributed by atoms with Gasteiger partial charge in [0.2, 0.25) is 0 Å².